The molecule has 0 saturated carbocycles. The van der Waals surface area contributed by atoms with Crippen molar-refractivity contribution in [2.24, 2.45) is 0 Å². The zero-order valence-electron chi connectivity index (χ0n) is 14.2. The van der Waals surface area contributed by atoms with Crippen LogP contribution in [-0.2, 0) is 11.2 Å². The highest BCUT2D eigenvalue weighted by Crippen LogP contribution is 2.19. The molecule has 0 aliphatic rings. The van der Waals surface area contributed by atoms with Gasteiger partial charge >= 0.3 is 0 Å². The van der Waals surface area contributed by atoms with E-state index in [0.717, 1.165) is 5.56 Å². The van der Waals surface area contributed by atoms with Gasteiger partial charge in [-0.05, 0) is 29.6 Å². The van der Waals surface area contributed by atoms with Crippen LogP contribution in [0.25, 0.3) is 11.4 Å². The number of hydrogen-bond acceptors (Lipinski definition) is 6. The molecule has 0 N–H and O–H groups in total. The molecule has 2 heterocycles. The number of ether oxygens (including phenoxy) is 1. The summed E-state index contributed by atoms with van der Waals surface area (Å²) in [5.41, 5.74) is 0.923. The molecule has 3 rings (SSSR count). The minimum Gasteiger partial charge on any atom is -0.492 e. The van der Waals surface area contributed by atoms with E-state index < -0.39 is 0 Å². The zero-order chi connectivity index (χ0) is 18.4. The van der Waals surface area contributed by atoms with E-state index in [9.17, 15) is 4.79 Å². The number of aryl methyl sites for hydroxylation is 1. The molecule has 0 saturated heterocycles. The molecule has 1 amide bonds. The van der Waals surface area contributed by atoms with Gasteiger partial charge in [-0.15, -0.1) is 0 Å². The highest BCUT2D eigenvalue weighted by molar-refractivity contribution is 7.08. The predicted octanol–water partition coefficient (Wildman–Crippen LogP) is 3.92. The maximum Gasteiger partial charge on any atom is 0.227 e. The summed E-state index contributed by atoms with van der Waals surface area (Å²) in [6.45, 7) is 0.876. The quantitative estimate of drug-likeness (QED) is 0.582. The van der Waals surface area contributed by atoms with Crippen LogP contribution in [0.15, 0.2) is 45.6 Å². The standard InChI is InChI=1S/C18H18ClN3O3S/c1-22(8-9-24-15-4-2-3-14(19)11-15)17(23)6-5-16-20-18(21-25-16)13-7-10-26-12-13/h2-4,7,10-12H,5-6,8-9H2,1H3. The van der Waals surface area contributed by atoms with Gasteiger partial charge in [0.2, 0.25) is 17.6 Å². The molecule has 0 unspecified atom stereocenters. The molecule has 136 valence electrons. The topological polar surface area (TPSA) is 68.5 Å². The summed E-state index contributed by atoms with van der Waals surface area (Å²) in [7, 11) is 1.74. The van der Waals surface area contributed by atoms with Gasteiger partial charge in [-0.3, -0.25) is 4.79 Å². The van der Waals surface area contributed by atoms with Crippen molar-refractivity contribution in [3.63, 3.8) is 0 Å². The fraction of sp³-hybridized carbons (Fsp3) is 0.278. The van der Waals surface area contributed by atoms with Crippen molar-refractivity contribution >= 4 is 28.8 Å². The Hall–Kier alpha value is -2.38. The molecule has 0 fully saturated rings. The SMILES string of the molecule is CN(CCOc1cccc(Cl)c1)C(=O)CCc1nc(-c2ccsc2)no1. The highest BCUT2D eigenvalue weighted by atomic mass is 35.5. The molecule has 3 aromatic rings. The van der Waals surface area contributed by atoms with Gasteiger partial charge in [0.25, 0.3) is 0 Å². The number of carbonyl (C=O) groups excluding carboxylic acids is 1. The largest absolute Gasteiger partial charge is 0.492 e. The molecule has 6 nitrogen and oxygen atoms in total. The van der Waals surface area contributed by atoms with E-state index in [-0.39, 0.29) is 5.91 Å². The van der Waals surface area contributed by atoms with Crippen molar-refractivity contribution in [3.8, 4) is 17.1 Å². The van der Waals surface area contributed by atoms with E-state index in [2.05, 4.69) is 10.1 Å². The second-order valence-electron chi connectivity index (χ2n) is 5.64. The van der Waals surface area contributed by atoms with E-state index >= 15 is 0 Å². The molecular weight excluding hydrogens is 374 g/mol. The first-order chi connectivity index (χ1) is 12.6. The van der Waals surface area contributed by atoms with Gasteiger partial charge in [0.15, 0.2) is 0 Å². The Morgan fingerprint density at radius 3 is 3.04 bits per heavy atom. The van der Waals surface area contributed by atoms with Gasteiger partial charge in [-0.2, -0.15) is 16.3 Å². The zero-order valence-corrected chi connectivity index (χ0v) is 15.8. The lowest BCUT2D eigenvalue weighted by Crippen LogP contribution is -2.31. The van der Waals surface area contributed by atoms with Crippen molar-refractivity contribution < 1.29 is 14.1 Å². The van der Waals surface area contributed by atoms with Crippen molar-refractivity contribution in [1.29, 1.82) is 0 Å². The molecule has 8 heteroatoms. The van der Waals surface area contributed by atoms with Gasteiger partial charge in [0, 0.05) is 35.9 Å². The van der Waals surface area contributed by atoms with E-state index in [0.29, 0.717) is 48.5 Å². The Kier molecular flexibility index (Phi) is 6.25. The summed E-state index contributed by atoms with van der Waals surface area (Å²) in [4.78, 5) is 18.2. The third-order valence-electron chi connectivity index (χ3n) is 3.72. The minimum absolute atomic E-state index is 0.00465. The van der Waals surface area contributed by atoms with Gasteiger partial charge < -0.3 is 14.2 Å². The first-order valence-corrected chi connectivity index (χ1v) is 9.41. The lowest BCUT2D eigenvalue weighted by molar-refractivity contribution is -0.130. The smallest absolute Gasteiger partial charge is 0.227 e. The van der Waals surface area contributed by atoms with Crippen LogP contribution in [0.2, 0.25) is 5.02 Å². The molecule has 0 atom stereocenters. The molecular formula is C18H18ClN3O3S. The number of carbonyl (C=O) groups is 1. The summed E-state index contributed by atoms with van der Waals surface area (Å²) in [5.74, 6) is 1.69. The van der Waals surface area contributed by atoms with Crippen LogP contribution in [-0.4, -0.2) is 41.1 Å². The Labute approximate surface area is 160 Å². The van der Waals surface area contributed by atoms with Crippen LogP contribution in [0, 0.1) is 0 Å². The molecule has 0 radical (unpaired) electrons. The number of benzene rings is 1. The van der Waals surface area contributed by atoms with Crippen LogP contribution in [0.1, 0.15) is 12.3 Å². The molecule has 0 bridgehead atoms. The number of nitrogens with zero attached hydrogens (tertiary/aromatic N) is 3. The summed E-state index contributed by atoms with van der Waals surface area (Å²) in [6, 6.07) is 9.10. The average Bonchev–Trinajstić information content (AvgIpc) is 3.31. The molecule has 26 heavy (non-hydrogen) atoms. The van der Waals surface area contributed by atoms with E-state index in [4.69, 9.17) is 20.9 Å². The van der Waals surface area contributed by atoms with Gasteiger partial charge in [-0.1, -0.05) is 22.8 Å². The number of thiophene rings is 1. The van der Waals surface area contributed by atoms with Crippen molar-refractivity contribution in [3.05, 3.63) is 52.0 Å². The maximum atomic E-state index is 12.2. The van der Waals surface area contributed by atoms with Crippen molar-refractivity contribution in [2.45, 2.75) is 12.8 Å². The van der Waals surface area contributed by atoms with E-state index in [1.165, 1.54) is 0 Å². The van der Waals surface area contributed by atoms with Crippen LogP contribution in [0.4, 0.5) is 0 Å². The fourth-order valence-corrected chi connectivity index (χ4v) is 3.07. The monoisotopic (exact) mass is 391 g/mol. The average molecular weight is 392 g/mol. The first kappa shape index (κ1) is 18.4. The number of aromatic nitrogens is 2. The molecule has 1 aromatic carbocycles. The molecule has 0 aliphatic heterocycles. The van der Waals surface area contributed by atoms with Crippen molar-refractivity contribution in [2.75, 3.05) is 20.2 Å². The Morgan fingerprint density at radius 1 is 1.38 bits per heavy atom. The second-order valence-corrected chi connectivity index (χ2v) is 6.86. The second kappa shape index (κ2) is 8.82. The van der Waals surface area contributed by atoms with Crippen LogP contribution in [0.3, 0.4) is 0 Å². The van der Waals surface area contributed by atoms with Crippen LogP contribution >= 0.6 is 22.9 Å². The number of likely N-dealkylation sites (N-methyl/N-ethyl adjacent to an activating group) is 1. The summed E-state index contributed by atoms with van der Waals surface area (Å²) in [6.07, 6.45) is 0.717. The Bertz CT molecular complexity index is 851. The summed E-state index contributed by atoms with van der Waals surface area (Å²) < 4.78 is 10.8. The number of halogens is 1. The predicted molar refractivity (Wildman–Crippen MR) is 101 cm³/mol. The molecule has 0 spiro atoms. The molecule has 2 aromatic heterocycles. The minimum atomic E-state index is -0.00465. The highest BCUT2D eigenvalue weighted by Gasteiger charge is 2.13. The summed E-state index contributed by atoms with van der Waals surface area (Å²) in [5, 5.41) is 8.46. The van der Waals surface area contributed by atoms with Gasteiger partial charge in [0.05, 0.1) is 6.54 Å². The summed E-state index contributed by atoms with van der Waals surface area (Å²) >= 11 is 7.48. The molecule has 0 aliphatic carbocycles. The van der Waals surface area contributed by atoms with Gasteiger partial charge in [-0.25, -0.2) is 0 Å². The van der Waals surface area contributed by atoms with Crippen LogP contribution in [0.5, 0.6) is 5.75 Å². The lowest BCUT2D eigenvalue weighted by Gasteiger charge is -2.17. The first-order valence-electron chi connectivity index (χ1n) is 8.09. The number of rotatable bonds is 8. The van der Waals surface area contributed by atoms with E-state index in [1.807, 2.05) is 29.0 Å². The normalized spacial score (nSPS) is 10.7. The number of amides is 1. The van der Waals surface area contributed by atoms with Crippen molar-refractivity contribution in [1.82, 2.24) is 15.0 Å². The number of hydrogen-bond donors (Lipinski definition) is 0. The lowest BCUT2D eigenvalue weighted by atomic mass is 10.2. The fourth-order valence-electron chi connectivity index (χ4n) is 2.25. The third kappa shape index (κ3) is 5.06. The maximum absolute atomic E-state index is 12.2. The Morgan fingerprint density at radius 2 is 2.27 bits per heavy atom. The van der Waals surface area contributed by atoms with Crippen LogP contribution < -0.4 is 4.74 Å². The van der Waals surface area contributed by atoms with Gasteiger partial charge in [0.1, 0.15) is 12.4 Å². The van der Waals surface area contributed by atoms with E-state index in [1.54, 1.807) is 35.4 Å². The third-order valence-corrected chi connectivity index (χ3v) is 4.64. The Balaban J connectivity index is 1.41.